The van der Waals surface area contributed by atoms with Gasteiger partial charge < -0.3 is 5.11 Å². The first-order valence-corrected chi connectivity index (χ1v) is 4.50. The molecule has 0 saturated carbocycles. The molecule has 68 valence electrons. The van der Waals surface area contributed by atoms with Crippen molar-refractivity contribution in [3.8, 4) is 18.1 Å². The second kappa shape index (κ2) is 4.57. The largest absolute Gasteiger partial charge is 0.508 e. The summed E-state index contributed by atoms with van der Waals surface area (Å²) in [5.74, 6) is 3.34. The summed E-state index contributed by atoms with van der Waals surface area (Å²) in [4.78, 5) is 0. The van der Waals surface area contributed by atoms with E-state index in [4.69, 9.17) is 6.42 Å². The van der Waals surface area contributed by atoms with Crippen molar-refractivity contribution in [2.75, 3.05) is 0 Å². The first kappa shape index (κ1) is 9.67. The lowest BCUT2D eigenvalue weighted by Gasteiger charge is -2.11. The maximum atomic E-state index is 9.27. The number of benzene rings is 1. The molecule has 0 aliphatic rings. The van der Waals surface area contributed by atoms with Crippen molar-refractivity contribution in [3.63, 3.8) is 0 Å². The maximum absolute atomic E-state index is 9.27. The van der Waals surface area contributed by atoms with E-state index in [2.05, 4.69) is 12.8 Å². The summed E-state index contributed by atoms with van der Waals surface area (Å²) >= 11 is 0. The molecule has 0 aliphatic carbocycles. The highest BCUT2D eigenvalue weighted by Gasteiger charge is 2.07. The Hall–Kier alpha value is -1.42. The molecule has 1 aromatic rings. The SMILES string of the molecule is C#CCC(CC)c1cccc(O)c1. The lowest BCUT2D eigenvalue weighted by molar-refractivity contribution is 0.473. The summed E-state index contributed by atoms with van der Waals surface area (Å²) in [6.07, 6.45) is 7.01. The zero-order valence-electron chi connectivity index (χ0n) is 7.83. The van der Waals surface area contributed by atoms with Gasteiger partial charge in [-0.15, -0.1) is 12.3 Å². The Bertz CT molecular complexity index is 309. The zero-order chi connectivity index (χ0) is 9.68. The third-order valence-electron chi connectivity index (χ3n) is 2.20. The van der Waals surface area contributed by atoms with Gasteiger partial charge >= 0.3 is 0 Å². The van der Waals surface area contributed by atoms with Crippen molar-refractivity contribution in [2.45, 2.75) is 25.7 Å². The monoisotopic (exact) mass is 174 g/mol. The van der Waals surface area contributed by atoms with Gasteiger partial charge in [0.15, 0.2) is 0 Å². The van der Waals surface area contributed by atoms with Crippen LogP contribution < -0.4 is 0 Å². The van der Waals surface area contributed by atoms with Crippen LogP contribution in [0.4, 0.5) is 0 Å². The van der Waals surface area contributed by atoms with Gasteiger partial charge in [-0.1, -0.05) is 19.1 Å². The predicted octanol–water partition coefficient (Wildman–Crippen LogP) is 2.91. The van der Waals surface area contributed by atoms with E-state index in [1.807, 2.05) is 12.1 Å². The highest BCUT2D eigenvalue weighted by Crippen LogP contribution is 2.25. The predicted molar refractivity (Wildman–Crippen MR) is 54.6 cm³/mol. The number of phenolic OH excluding ortho intramolecular Hbond substituents is 1. The topological polar surface area (TPSA) is 20.2 Å². The molecular weight excluding hydrogens is 160 g/mol. The third kappa shape index (κ3) is 2.52. The van der Waals surface area contributed by atoms with Gasteiger partial charge in [0.05, 0.1) is 0 Å². The standard InChI is InChI=1S/C12H14O/c1-3-6-10(4-2)11-7-5-8-12(13)9-11/h1,5,7-10,13H,4,6H2,2H3. The maximum Gasteiger partial charge on any atom is 0.115 e. The fourth-order valence-corrected chi connectivity index (χ4v) is 1.42. The zero-order valence-corrected chi connectivity index (χ0v) is 7.83. The van der Waals surface area contributed by atoms with E-state index in [1.54, 1.807) is 12.1 Å². The molecule has 1 atom stereocenters. The Labute approximate surface area is 79.4 Å². The van der Waals surface area contributed by atoms with Crippen LogP contribution in [-0.4, -0.2) is 5.11 Å². The molecule has 1 N–H and O–H groups in total. The van der Waals surface area contributed by atoms with Crippen molar-refractivity contribution in [2.24, 2.45) is 0 Å². The Morgan fingerprint density at radius 1 is 1.54 bits per heavy atom. The number of hydrogen-bond donors (Lipinski definition) is 1. The van der Waals surface area contributed by atoms with Crippen LogP contribution in [0.1, 0.15) is 31.2 Å². The van der Waals surface area contributed by atoms with Gasteiger partial charge in [0.2, 0.25) is 0 Å². The molecule has 1 nitrogen and oxygen atoms in total. The van der Waals surface area contributed by atoms with Gasteiger partial charge in [0.1, 0.15) is 5.75 Å². The van der Waals surface area contributed by atoms with Gasteiger partial charge in [-0.3, -0.25) is 0 Å². The summed E-state index contributed by atoms with van der Waals surface area (Å²) in [6.45, 7) is 2.10. The van der Waals surface area contributed by atoms with E-state index >= 15 is 0 Å². The molecule has 1 rings (SSSR count). The van der Waals surface area contributed by atoms with E-state index in [1.165, 1.54) is 0 Å². The van der Waals surface area contributed by atoms with Crippen molar-refractivity contribution in [1.29, 1.82) is 0 Å². The molecule has 1 heteroatoms. The fourth-order valence-electron chi connectivity index (χ4n) is 1.42. The lowest BCUT2D eigenvalue weighted by Crippen LogP contribution is -1.95. The molecule has 0 saturated heterocycles. The van der Waals surface area contributed by atoms with Crippen molar-refractivity contribution >= 4 is 0 Å². The Kier molecular flexibility index (Phi) is 3.40. The minimum atomic E-state index is 0.313. The van der Waals surface area contributed by atoms with Crippen LogP contribution in [-0.2, 0) is 0 Å². The van der Waals surface area contributed by atoms with Gasteiger partial charge in [0.25, 0.3) is 0 Å². The molecule has 0 radical (unpaired) electrons. The molecule has 0 heterocycles. The molecule has 0 aliphatic heterocycles. The smallest absolute Gasteiger partial charge is 0.115 e. The van der Waals surface area contributed by atoms with Crippen molar-refractivity contribution in [3.05, 3.63) is 29.8 Å². The summed E-state index contributed by atoms with van der Waals surface area (Å²) in [5, 5.41) is 9.27. The summed E-state index contributed by atoms with van der Waals surface area (Å²) < 4.78 is 0. The van der Waals surface area contributed by atoms with Crippen LogP contribution in [0, 0.1) is 12.3 Å². The molecule has 13 heavy (non-hydrogen) atoms. The average molecular weight is 174 g/mol. The molecule has 0 bridgehead atoms. The van der Waals surface area contributed by atoms with Gasteiger partial charge in [-0.2, -0.15) is 0 Å². The summed E-state index contributed by atoms with van der Waals surface area (Å²) in [5.41, 5.74) is 1.13. The Morgan fingerprint density at radius 3 is 2.85 bits per heavy atom. The fraction of sp³-hybridized carbons (Fsp3) is 0.333. The van der Waals surface area contributed by atoms with E-state index in [9.17, 15) is 5.11 Å². The minimum absolute atomic E-state index is 0.313. The molecule has 0 amide bonds. The molecule has 0 spiro atoms. The number of terminal acetylenes is 1. The van der Waals surface area contributed by atoms with E-state index in [-0.39, 0.29) is 0 Å². The van der Waals surface area contributed by atoms with Gasteiger partial charge in [0, 0.05) is 6.42 Å². The molecule has 0 aromatic heterocycles. The third-order valence-corrected chi connectivity index (χ3v) is 2.20. The number of rotatable bonds is 3. The van der Waals surface area contributed by atoms with Gasteiger partial charge in [-0.05, 0) is 30.0 Å². The second-order valence-electron chi connectivity index (χ2n) is 3.11. The molecular formula is C12H14O. The Morgan fingerprint density at radius 2 is 2.31 bits per heavy atom. The normalized spacial score (nSPS) is 12.0. The quantitative estimate of drug-likeness (QED) is 0.698. The number of aromatic hydroxyl groups is 1. The second-order valence-corrected chi connectivity index (χ2v) is 3.11. The molecule has 1 unspecified atom stereocenters. The molecule has 0 fully saturated rings. The van der Waals surface area contributed by atoms with E-state index < -0.39 is 0 Å². The summed E-state index contributed by atoms with van der Waals surface area (Å²) in [6, 6.07) is 7.31. The highest BCUT2D eigenvalue weighted by molar-refractivity contribution is 5.30. The first-order chi connectivity index (χ1) is 6.27. The van der Waals surface area contributed by atoms with Crippen LogP contribution in [0.25, 0.3) is 0 Å². The first-order valence-electron chi connectivity index (χ1n) is 4.50. The van der Waals surface area contributed by atoms with Crippen LogP contribution in [0.3, 0.4) is 0 Å². The average Bonchev–Trinajstić information content (AvgIpc) is 2.14. The highest BCUT2D eigenvalue weighted by atomic mass is 16.3. The van der Waals surface area contributed by atoms with Crippen molar-refractivity contribution < 1.29 is 5.11 Å². The number of hydrogen-bond acceptors (Lipinski definition) is 1. The van der Waals surface area contributed by atoms with Crippen LogP contribution in [0.2, 0.25) is 0 Å². The van der Waals surface area contributed by atoms with Crippen LogP contribution in [0.15, 0.2) is 24.3 Å². The number of phenols is 1. The Balaban J connectivity index is 2.86. The van der Waals surface area contributed by atoms with Crippen LogP contribution in [0.5, 0.6) is 5.75 Å². The van der Waals surface area contributed by atoms with Gasteiger partial charge in [-0.25, -0.2) is 0 Å². The summed E-state index contributed by atoms with van der Waals surface area (Å²) in [7, 11) is 0. The lowest BCUT2D eigenvalue weighted by atomic mass is 9.93. The van der Waals surface area contributed by atoms with Crippen molar-refractivity contribution in [1.82, 2.24) is 0 Å². The van der Waals surface area contributed by atoms with Crippen LogP contribution >= 0.6 is 0 Å². The van der Waals surface area contributed by atoms with E-state index in [0.717, 1.165) is 18.4 Å². The minimum Gasteiger partial charge on any atom is -0.508 e. The van der Waals surface area contributed by atoms with E-state index in [0.29, 0.717) is 11.7 Å². The molecule has 1 aromatic carbocycles.